The Bertz CT molecular complexity index is 882. The lowest BCUT2D eigenvalue weighted by Gasteiger charge is -2.28. The van der Waals surface area contributed by atoms with Gasteiger partial charge in [0.2, 0.25) is 0 Å². The minimum atomic E-state index is -0.430. The number of ether oxygens (including phenoxy) is 1. The summed E-state index contributed by atoms with van der Waals surface area (Å²) in [5.74, 6) is -0.0773. The molecule has 0 saturated heterocycles. The minimum Gasteiger partial charge on any atom is -0.463 e. The molecule has 0 radical (unpaired) electrons. The van der Waals surface area contributed by atoms with Crippen molar-refractivity contribution in [1.29, 1.82) is 0 Å². The maximum Gasteiger partial charge on any atom is 0.337 e. The maximum absolute atomic E-state index is 12.3. The second-order valence-electron chi connectivity index (χ2n) is 5.53. The van der Waals surface area contributed by atoms with Crippen LogP contribution in [0.25, 0.3) is 11.2 Å². The number of halogens is 1. The summed E-state index contributed by atoms with van der Waals surface area (Å²) in [5.41, 5.74) is 2.24. The first-order valence-corrected chi connectivity index (χ1v) is 9.49. The smallest absolute Gasteiger partial charge is 0.337 e. The van der Waals surface area contributed by atoms with E-state index in [0.717, 1.165) is 5.52 Å². The molecule has 3 N–H and O–H groups in total. The average Bonchev–Trinajstić information content (AvgIpc) is 3.01. The summed E-state index contributed by atoms with van der Waals surface area (Å²) in [4.78, 5) is 35.9. The summed E-state index contributed by atoms with van der Waals surface area (Å²) in [5, 5.41) is 6.59. The minimum absolute atomic E-state index is 0.267. The fourth-order valence-electron chi connectivity index (χ4n) is 2.64. The van der Waals surface area contributed by atoms with Gasteiger partial charge < -0.3 is 20.4 Å². The van der Waals surface area contributed by atoms with Gasteiger partial charge in [0.1, 0.15) is 0 Å². The predicted molar refractivity (Wildman–Crippen MR) is 99.0 cm³/mol. The Morgan fingerprint density at radius 2 is 2.23 bits per heavy atom. The number of pyridine rings is 1. The molecule has 0 aliphatic carbocycles. The number of carbonyl (C=O) groups is 2. The first-order valence-electron chi connectivity index (χ1n) is 8.13. The molecule has 0 spiro atoms. The van der Waals surface area contributed by atoms with Crippen molar-refractivity contribution in [1.82, 2.24) is 25.6 Å². The number of rotatable bonds is 6. The standard InChI is InChI=1S/C16H18ClN5O3S/c1-3-9-12(14(23)25-4-2)11(20-15(24)19-9)7-26-16-21-10-5-8(17)6-18-13(10)22-16/h5-6,9H,3-4,7H2,1-2H3,(H,18,21,22)(H2,19,20,24)/t9-/m1/s1. The van der Waals surface area contributed by atoms with Crippen LogP contribution in [0.15, 0.2) is 28.7 Å². The molecule has 0 saturated carbocycles. The first-order chi connectivity index (χ1) is 12.5. The van der Waals surface area contributed by atoms with Crippen LogP contribution in [0.3, 0.4) is 0 Å². The summed E-state index contributed by atoms with van der Waals surface area (Å²) in [6.45, 7) is 3.91. The summed E-state index contributed by atoms with van der Waals surface area (Å²) < 4.78 is 5.15. The van der Waals surface area contributed by atoms with Gasteiger partial charge in [-0.25, -0.2) is 19.6 Å². The van der Waals surface area contributed by atoms with Crippen molar-refractivity contribution < 1.29 is 14.3 Å². The van der Waals surface area contributed by atoms with Gasteiger partial charge in [0.15, 0.2) is 10.8 Å². The maximum atomic E-state index is 12.3. The fourth-order valence-corrected chi connectivity index (χ4v) is 3.64. The lowest BCUT2D eigenvalue weighted by Crippen LogP contribution is -2.50. The van der Waals surface area contributed by atoms with Gasteiger partial charge in [-0.3, -0.25) is 0 Å². The number of aromatic nitrogens is 3. The molecule has 1 aliphatic heterocycles. The highest BCUT2D eigenvalue weighted by atomic mass is 35.5. The van der Waals surface area contributed by atoms with E-state index in [1.54, 1.807) is 13.0 Å². The number of thioether (sulfide) groups is 1. The molecule has 3 rings (SSSR count). The van der Waals surface area contributed by atoms with Crippen LogP contribution in [0, 0.1) is 0 Å². The van der Waals surface area contributed by atoms with Crippen LogP contribution in [0.2, 0.25) is 5.02 Å². The van der Waals surface area contributed by atoms with E-state index in [1.165, 1.54) is 18.0 Å². The molecule has 2 amide bonds. The van der Waals surface area contributed by atoms with E-state index in [0.29, 0.717) is 39.3 Å². The van der Waals surface area contributed by atoms with E-state index in [9.17, 15) is 9.59 Å². The number of hydrogen-bond donors (Lipinski definition) is 3. The SMILES string of the molecule is CCOC(=O)C1=C(CSc2nc3ncc(Cl)cc3[nH]2)NC(=O)N[C@@H]1CC. The van der Waals surface area contributed by atoms with Crippen molar-refractivity contribution in [3.63, 3.8) is 0 Å². The highest BCUT2D eigenvalue weighted by Crippen LogP contribution is 2.25. The molecular formula is C16H18ClN5O3S. The van der Waals surface area contributed by atoms with Gasteiger partial charge in [0.25, 0.3) is 0 Å². The van der Waals surface area contributed by atoms with Crippen LogP contribution in [-0.4, -0.2) is 45.4 Å². The van der Waals surface area contributed by atoms with Crippen LogP contribution < -0.4 is 10.6 Å². The molecule has 1 atom stereocenters. The number of esters is 1. The van der Waals surface area contributed by atoms with Crippen molar-refractivity contribution in [2.45, 2.75) is 31.5 Å². The molecule has 0 bridgehead atoms. The predicted octanol–water partition coefficient (Wildman–Crippen LogP) is 2.61. The Hall–Kier alpha value is -2.26. The molecule has 0 unspecified atom stereocenters. The van der Waals surface area contributed by atoms with Crippen molar-refractivity contribution in [2.75, 3.05) is 12.4 Å². The highest BCUT2D eigenvalue weighted by Gasteiger charge is 2.31. The Morgan fingerprint density at radius 1 is 1.42 bits per heavy atom. The molecular weight excluding hydrogens is 378 g/mol. The number of H-pyrrole nitrogens is 1. The largest absolute Gasteiger partial charge is 0.463 e. The zero-order chi connectivity index (χ0) is 18.7. The molecule has 10 heteroatoms. The van der Waals surface area contributed by atoms with Gasteiger partial charge in [-0.15, -0.1) is 0 Å². The summed E-state index contributed by atoms with van der Waals surface area (Å²) in [6, 6.07) is 1.03. The van der Waals surface area contributed by atoms with Crippen LogP contribution in [0.5, 0.6) is 0 Å². The van der Waals surface area contributed by atoms with Crippen molar-refractivity contribution in [3.8, 4) is 0 Å². The highest BCUT2D eigenvalue weighted by molar-refractivity contribution is 7.99. The third kappa shape index (κ3) is 3.94. The quantitative estimate of drug-likeness (QED) is 0.512. The lowest BCUT2D eigenvalue weighted by molar-refractivity contribution is -0.139. The first kappa shape index (κ1) is 18.5. The molecule has 1 aliphatic rings. The van der Waals surface area contributed by atoms with Crippen molar-refractivity contribution in [3.05, 3.63) is 28.6 Å². The zero-order valence-corrected chi connectivity index (χ0v) is 15.8. The number of aromatic amines is 1. The zero-order valence-electron chi connectivity index (χ0n) is 14.3. The molecule has 2 aromatic heterocycles. The van der Waals surface area contributed by atoms with Gasteiger partial charge >= 0.3 is 12.0 Å². The van der Waals surface area contributed by atoms with Crippen molar-refractivity contribution in [2.24, 2.45) is 0 Å². The second kappa shape index (κ2) is 7.96. The number of imidazole rings is 1. The Kier molecular flexibility index (Phi) is 5.67. The molecule has 138 valence electrons. The van der Waals surface area contributed by atoms with Gasteiger partial charge in [-0.2, -0.15) is 0 Å². The number of urea groups is 1. The van der Waals surface area contributed by atoms with E-state index < -0.39 is 5.97 Å². The van der Waals surface area contributed by atoms with E-state index in [1.807, 2.05) is 6.92 Å². The lowest BCUT2D eigenvalue weighted by atomic mass is 10.0. The molecule has 0 fully saturated rings. The average molecular weight is 396 g/mol. The number of carbonyl (C=O) groups excluding carboxylic acids is 2. The third-order valence-corrected chi connectivity index (χ3v) is 4.89. The molecule has 8 nitrogen and oxygen atoms in total. The normalized spacial score (nSPS) is 17.2. The fraction of sp³-hybridized carbons (Fsp3) is 0.375. The third-order valence-electron chi connectivity index (χ3n) is 3.78. The molecule has 2 aromatic rings. The number of fused-ring (bicyclic) bond motifs is 1. The number of hydrogen-bond acceptors (Lipinski definition) is 6. The summed E-state index contributed by atoms with van der Waals surface area (Å²) in [6.07, 6.45) is 2.11. The van der Waals surface area contributed by atoms with Gasteiger partial charge in [0, 0.05) is 17.6 Å². The summed E-state index contributed by atoms with van der Waals surface area (Å²) in [7, 11) is 0. The Morgan fingerprint density at radius 3 is 2.96 bits per heavy atom. The van der Waals surface area contributed by atoms with Gasteiger partial charge in [0.05, 0.1) is 28.8 Å². The van der Waals surface area contributed by atoms with Gasteiger partial charge in [-0.1, -0.05) is 30.3 Å². The Balaban J connectivity index is 1.85. The molecule has 0 aromatic carbocycles. The van der Waals surface area contributed by atoms with Crippen LogP contribution >= 0.6 is 23.4 Å². The van der Waals surface area contributed by atoms with Crippen LogP contribution in [-0.2, 0) is 9.53 Å². The van der Waals surface area contributed by atoms with E-state index in [4.69, 9.17) is 16.3 Å². The molecule has 3 heterocycles. The second-order valence-corrected chi connectivity index (χ2v) is 6.93. The van der Waals surface area contributed by atoms with E-state index in [2.05, 4.69) is 25.6 Å². The number of nitrogens with zero attached hydrogens (tertiary/aromatic N) is 2. The number of nitrogens with one attached hydrogen (secondary N) is 3. The topological polar surface area (TPSA) is 109 Å². The molecule has 26 heavy (non-hydrogen) atoms. The van der Waals surface area contributed by atoms with E-state index >= 15 is 0 Å². The Labute approximate surface area is 159 Å². The monoisotopic (exact) mass is 395 g/mol. The van der Waals surface area contributed by atoms with E-state index in [-0.39, 0.29) is 18.7 Å². The van der Waals surface area contributed by atoms with Crippen LogP contribution in [0.1, 0.15) is 20.3 Å². The van der Waals surface area contributed by atoms with Crippen molar-refractivity contribution >= 4 is 46.5 Å². The summed E-state index contributed by atoms with van der Waals surface area (Å²) >= 11 is 7.28. The van der Waals surface area contributed by atoms with Crippen LogP contribution in [0.4, 0.5) is 4.79 Å². The number of amides is 2. The van der Waals surface area contributed by atoms with Gasteiger partial charge in [-0.05, 0) is 19.4 Å².